The van der Waals surface area contributed by atoms with Gasteiger partial charge in [0.25, 0.3) is 0 Å². The van der Waals surface area contributed by atoms with Crippen molar-refractivity contribution in [1.82, 2.24) is 14.9 Å². The molecule has 2 rings (SSSR count). The Balaban J connectivity index is 1.82. The van der Waals surface area contributed by atoms with Gasteiger partial charge in [0, 0.05) is 24.8 Å². The lowest BCUT2D eigenvalue weighted by atomic mass is 10.1. The van der Waals surface area contributed by atoms with Gasteiger partial charge in [0.2, 0.25) is 0 Å². The van der Waals surface area contributed by atoms with E-state index in [0.29, 0.717) is 0 Å². The van der Waals surface area contributed by atoms with Crippen LogP contribution in [0, 0.1) is 5.92 Å². The third-order valence-electron chi connectivity index (χ3n) is 2.87. The van der Waals surface area contributed by atoms with Crippen LogP contribution in [0.3, 0.4) is 0 Å². The summed E-state index contributed by atoms with van der Waals surface area (Å²) in [4.78, 5) is 10.9. The summed E-state index contributed by atoms with van der Waals surface area (Å²) in [6.45, 7) is 3.17. The van der Waals surface area contributed by atoms with Gasteiger partial charge in [-0.15, -0.1) is 11.6 Å². The third-order valence-corrected chi connectivity index (χ3v) is 3.09. The van der Waals surface area contributed by atoms with Gasteiger partial charge >= 0.3 is 0 Å². The van der Waals surface area contributed by atoms with Crippen molar-refractivity contribution in [2.24, 2.45) is 5.92 Å². The predicted octanol–water partition coefficient (Wildman–Crippen LogP) is 1.93. The van der Waals surface area contributed by atoms with E-state index in [1.165, 1.54) is 6.42 Å². The first-order valence-electron chi connectivity index (χ1n) is 5.42. The molecule has 0 spiro atoms. The maximum Gasteiger partial charge on any atom is 0.142 e. The second-order valence-corrected chi connectivity index (χ2v) is 4.41. The number of hydrogen-bond donors (Lipinski definition) is 0. The zero-order valence-corrected chi connectivity index (χ0v) is 9.53. The molecule has 0 saturated carbocycles. The van der Waals surface area contributed by atoms with Gasteiger partial charge in [0.05, 0.1) is 6.54 Å². The first kappa shape index (κ1) is 10.8. The van der Waals surface area contributed by atoms with Crippen LogP contribution in [0.15, 0.2) is 18.5 Å². The predicted molar refractivity (Wildman–Crippen MR) is 60.8 cm³/mol. The zero-order valence-electron chi connectivity index (χ0n) is 8.77. The van der Waals surface area contributed by atoms with Crippen molar-refractivity contribution in [3.63, 3.8) is 0 Å². The summed E-state index contributed by atoms with van der Waals surface area (Å²) in [5.74, 6) is 2.47. The molecule has 82 valence electrons. The Bertz CT molecular complexity index is 291. The van der Waals surface area contributed by atoms with Crippen molar-refractivity contribution >= 4 is 11.6 Å². The maximum absolute atomic E-state index is 5.75. The number of hydrogen-bond acceptors (Lipinski definition) is 3. The van der Waals surface area contributed by atoms with Crippen LogP contribution in [-0.4, -0.2) is 33.8 Å². The molecular formula is C11H16ClN3. The van der Waals surface area contributed by atoms with Crippen molar-refractivity contribution in [2.75, 3.05) is 19.0 Å². The number of likely N-dealkylation sites (tertiary alicyclic amines) is 1. The standard InChI is InChI=1S/C11H16ClN3/c12-4-2-10-3-7-15(8-10)9-11-13-5-1-6-14-11/h1,5-6,10H,2-4,7-9H2. The lowest BCUT2D eigenvalue weighted by Gasteiger charge is -2.14. The van der Waals surface area contributed by atoms with Gasteiger partial charge in [-0.3, -0.25) is 4.90 Å². The van der Waals surface area contributed by atoms with Crippen molar-refractivity contribution in [3.8, 4) is 0 Å². The fraction of sp³-hybridized carbons (Fsp3) is 0.636. The second-order valence-electron chi connectivity index (χ2n) is 4.03. The van der Waals surface area contributed by atoms with Crippen molar-refractivity contribution in [2.45, 2.75) is 19.4 Å². The maximum atomic E-state index is 5.75. The first-order valence-corrected chi connectivity index (χ1v) is 5.96. The number of halogens is 1. The molecule has 4 heteroatoms. The highest BCUT2D eigenvalue weighted by Gasteiger charge is 2.22. The summed E-state index contributed by atoms with van der Waals surface area (Å²) in [6.07, 6.45) is 6.00. The van der Waals surface area contributed by atoms with Crippen LogP contribution in [0.25, 0.3) is 0 Å². The van der Waals surface area contributed by atoms with Crippen LogP contribution in [0.5, 0.6) is 0 Å². The van der Waals surface area contributed by atoms with E-state index in [0.717, 1.165) is 43.7 Å². The highest BCUT2D eigenvalue weighted by atomic mass is 35.5. The largest absolute Gasteiger partial charge is 0.296 e. The summed E-state index contributed by atoms with van der Waals surface area (Å²) in [6, 6.07) is 1.85. The molecule has 15 heavy (non-hydrogen) atoms. The van der Waals surface area contributed by atoms with Gasteiger partial charge in [-0.25, -0.2) is 9.97 Å². The van der Waals surface area contributed by atoms with E-state index in [-0.39, 0.29) is 0 Å². The molecule has 1 unspecified atom stereocenters. The Kier molecular flexibility index (Phi) is 3.92. The molecule has 2 heterocycles. The minimum atomic E-state index is 0.770. The van der Waals surface area contributed by atoms with Gasteiger partial charge < -0.3 is 0 Å². The molecule has 1 fully saturated rings. The minimum Gasteiger partial charge on any atom is -0.296 e. The molecule has 0 aliphatic carbocycles. The van der Waals surface area contributed by atoms with E-state index in [1.54, 1.807) is 12.4 Å². The van der Waals surface area contributed by atoms with Crippen molar-refractivity contribution in [3.05, 3.63) is 24.3 Å². The van der Waals surface area contributed by atoms with Crippen LogP contribution >= 0.6 is 11.6 Å². The Labute approximate surface area is 95.5 Å². The van der Waals surface area contributed by atoms with E-state index in [2.05, 4.69) is 14.9 Å². The molecule has 1 saturated heterocycles. The quantitative estimate of drug-likeness (QED) is 0.734. The summed E-state index contributed by atoms with van der Waals surface area (Å²) >= 11 is 5.75. The Hall–Kier alpha value is -0.670. The van der Waals surface area contributed by atoms with Gasteiger partial charge in [0.1, 0.15) is 5.82 Å². The lowest BCUT2D eigenvalue weighted by Crippen LogP contribution is -2.21. The Morgan fingerprint density at radius 3 is 2.93 bits per heavy atom. The highest BCUT2D eigenvalue weighted by molar-refractivity contribution is 6.17. The van der Waals surface area contributed by atoms with Crippen LogP contribution in [0.4, 0.5) is 0 Å². The van der Waals surface area contributed by atoms with Crippen LogP contribution in [0.1, 0.15) is 18.7 Å². The molecule has 0 radical (unpaired) electrons. The molecule has 1 atom stereocenters. The fourth-order valence-electron chi connectivity index (χ4n) is 2.06. The topological polar surface area (TPSA) is 29.0 Å². The normalized spacial score (nSPS) is 22.1. The minimum absolute atomic E-state index is 0.770. The summed E-state index contributed by atoms with van der Waals surface area (Å²) in [5.41, 5.74) is 0. The smallest absolute Gasteiger partial charge is 0.142 e. The van der Waals surface area contributed by atoms with E-state index in [1.807, 2.05) is 6.07 Å². The van der Waals surface area contributed by atoms with Crippen LogP contribution in [-0.2, 0) is 6.54 Å². The number of aromatic nitrogens is 2. The molecule has 0 N–H and O–H groups in total. The van der Waals surface area contributed by atoms with Gasteiger partial charge in [-0.05, 0) is 31.4 Å². The van der Waals surface area contributed by atoms with Crippen LogP contribution < -0.4 is 0 Å². The molecule has 1 aromatic heterocycles. The van der Waals surface area contributed by atoms with Gasteiger partial charge in [-0.1, -0.05) is 0 Å². The zero-order chi connectivity index (χ0) is 10.5. The Morgan fingerprint density at radius 2 is 2.20 bits per heavy atom. The van der Waals surface area contributed by atoms with E-state index in [9.17, 15) is 0 Å². The number of alkyl halides is 1. The Morgan fingerprint density at radius 1 is 1.40 bits per heavy atom. The first-order chi connectivity index (χ1) is 7.38. The molecular weight excluding hydrogens is 210 g/mol. The molecule has 0 bridgehead atoms. The van der Waals surface area contributed by atoms with Crippen LogP contribution in [0.2, 0.25) is 0 Å². The highest BCUT2D eigenvalue weighted by Crippen LogP contribution is 2.20. The SMILES string of the molecule is ClCCC1CCN(Cc2ncccn2)C1. The van der Waals surface area contributed by atoms with E-state index in [4.69, 9.17) is 11.6 Å². The molecule has 1 aliphatic rings. The average Bonchev–Trinajstić information content (AvgIpc) is 2.68. The molecule has 1 aliphatic heterocycles. The summed E-state index contributed by atoms with van der Waals surface area (Å²) in [5, 5.41) is 0. The van der Waals surface area contributed by atoms with E-state index < -0.39 is 0 Å². The molecule has 1 aromatic rings. The summed E-state index contributed by atoms with van der Waals surface area (Å²) < 4.78 is 0. The van der Waals surface area contributed by atoms with Gasteiger partial charge in [0.15, 0.2) is 0 Å². The monoisotopic (exact) mass is 225 g/mol. The van der Waals surface area contributed by atoms with Crippen molar-refractivity contribution in [1.29, 1.82) is 0 Å². The van der Waals surface area contributed by atoms with Crippen molar-refractivity contribution < 1.29 is 0 Å². The number of nitrogens with zero attached hydrogens (tertiary/aromatic N) is 3. The molecule has 3 nitrogen and oxygen atoms in total. The van der Waals surface area contributed by atoms with E-state index >= 15 is 0 Å². The molecule has 0 aromatic carbocycles. The van der Waals surface area contributed by atoms with Gasteiger partial charge in [-0.2, -0.15) is 0 Å². The number of rotatable bonds is 4. The lowest BCUT2D eigenvalue weighted by molar-refractivity contribution is 0.307. The second kappa shape index (κ2) is 5.42. The average molecular weight is 226 g/mol. The third kappa shape index (κ3) is 3.14. The fourth-order valence-corrected chi connectivity index (χ4v) is 2.37. The molecule has 0 amide bonds. The summed E-state index contributed by atoms with van der Waals surface area (Å²) in [7, 11) is 0.